The largest absolute Gasteiger partial charge is 0.324 e. The number of nitrogens with zero attached hydrogens (tertiary/aromatic N) is 2. The van der Waals surface area contributed by atoms with E-state index in [2.05, 4.69) is 5.32 Å². The highest BCUT2D eigenvalue weighted by atomic mass is 16.2. The number of aromatic nitrogens is 2. The first-order chi connectivity index (χ1) is 12.6. The molecule has 2 aromatic heterocycles. The second kappa shape index (κ2) is 6.19. The minimum absolute atomic E-state index is 0.0333. The number of amides is 1. The molecule has 0 atom stereocenters. The van der Waals surface area contributed by atoms with Gasteiger partial charge in [0, 0.05) is 11.9 Å². The van der Waals surface area contributed by atoms with Gasteiger partial charge in [-0.3, -0.25) is 14.2 Å². The zero-order valence-electron chi connectivity index (χ0n) is 14.7. The van der Waals surface area contributed by atoms with Gasteiger partial charge >= 0.3 is 0 Å². The molecule has 0 aliphatic carbocycles. The first-order valence-electron chi connectivity index (χ1n) is 8.51. The molecule has 2 heterocycles. The summed E-state index contributed by atoms with van der Waals surface area (Å²) in [4.78, 5) is 25.5. The van der Waals surface area contributed by atoms with E-state index in [1.807, 2.05) is 73.0 Å². The second-order valence-corrected chi connectivity index (χ2v) is 6.44. The fourth-order valence-corrected chi connectivity index (χ4v) is 3.29. The molecule has 5 heteroatoms. The lowest BCUT2D eigenvalue weighted by atomic mass is 10.1. The van der Waals surface area contributed by atoms with Crippen molar-refractivity contribution in [2.75, 3.05) is 5.32 Å². The topological polar surface area (TPSA) is 55.5 Å². The highest BCUT2D eigenvalue weighted by molar-refractivity contribution is 5.92. The maximum absolute atomic E-state index is 12.9. The SMILES string of the molecule is Cc1cccc(NC(=O)Cn2c(=O)c3cccn3c3ccccc32)c1C. The van der Waals surface area contributed by atoms with Crippen LogP contribution in [-0.2, 0) is 11.3 Å². The normalized spacial score (nSPS) is 11.2. The van der Waals surface area contributed by atoms with Crippen LogP contribution in [0.15, 0.2) is 65.6 Å². The summed E-state index contributed by atoms with van der Waals surface area (Å²) in [6.07, 6.45) is 1.86. The van der Waals surface area contributed by atoms with Crippen molar-refractivity contribution in [2.45, 2.75) is 20.4 Å². The fraction of sp³-hybridized carbons (Fsp3) is 0.143. The van der Waals surface area contributed by atoms with E-state index in [1.54, 1.807) is 6.07 Å². The molecule has 0 radical (unpaired) electrons. The molecule has 0 bridgehead atoms. The average molecular weight is 345 g/mol. The van der Waals surface area contributed by atoms with Crippen molar-refractivity contribution in [3.63, 3.8) is 0 Å². The van der Waals surface area contributed by atoms with E-state index in [4.69, 9.17) is 0 Å². The molecule has 1 N–H and O–H groups in total. The zero-order chi connectivity index (χ0) is 18.3. The number of fused-ring (bicyclic) bond motifs is 3. The molecule has 0 saturated carbocycles. The summed E-state index contributed by atoms with van der Waals surface area (Å²) in [5.74, 6) is -0.221. The summed E-state index contributed by atoms with van der Waals surface area (Å²) in [6.45, 7) is 3.94. The molecule has 26 heavy (non-hydrogen) atoms. The summed E-state index contributed by atoms with van der Waals surface area (Å²) >= 11 is 0. The molecule has 4 rings (SSSR count). The Labute approximate surface area is 150 Å². The van der Waals surface area contributed by atoms with E-state index in [-0.39, 0.29) is 18.0 Å². The smallest absolute Gasteiger partial charge is 0.275 e. The summed E-state index contributed by atoms with van der Waals surface area (Å²) in [6, 6.07) is 17.0. The van der Waals surface area contributed by atoms with E-state index < -0.39 is 0 Å². The number of hydrogen-bond acceptors (Lipinski definition) is 2. The number of para-hydroxylation sites is 2. The van der Waals surface area contributed by atoms with Gasteiger partial charge in [0.1, 0.15) is 12.1 Å². The Kier molecular flexibility index (Phi) is 3.84. The van der Waals surface area contributed by atoms with E-state index in [0.29, 0.717) is 5.52 Å². The van der Waals surface area contributed by atoms with Gasteiger partial charge in [-0.15, -0.1) is 0 Å². The fourth-order valence-electron chi connectivity index (χ4n) is 3.29. The van der Waals surface area contributed by atoms with Gasteiger partial charge < -0.3 is 9.72 Å². The third-order valence-corrected chi connectivity index (χ3v) is 4.83. The maximum atomic E-state index is 12.9. The Hall–Kier alpha value is -3.34. The standard InChI is InChI=1S/C21H19N3O2/c1-14-7-5-8-16(15(14)2)22-20(25)13-24-18-10-4-3-9-17(18)23-12-6-11-19(23)21(24)26/h3-12H,13H2,1-2H3,(H,22,25). The molecule has 0 aliphatic heterocycles. The van der Waals surface area contributed by atoms with Crippen molar-refractivity contribution < 1.29 is 4.79 Å². The lowest BCUT2D eigenvalue weighted by molar-refractivity contribution is -0.116. The Bertz CT molecular complexity index is 1200. The second-order valence-electron chi connectivity index (χ2n) is 6.44. The van der Waals surface area contributed by atoms with Crippen molar-refractivity contribution >= 4 is 28.1 Å². The van der Waals surface area contributed by atoms with E-state index in [1.165, 1.54) is 4.57 Å². The predicted molar refractivity (Wildman–Crippen MR) is 104 cm³/mol. The molecule has 2 aromatic carbocycles. The van der Waals surface area contributed by atoms with Gasteiger partial charge in [-0.1, -0.05) is 24.3 Å². The van der Waals surface area contributed by atoms with Crippen molar-refractivity contribution in [2.24, 2.45) is 0 Å². The van der Waals surface area contributed by atoms with Crippen LogP contribution < -0.4 is 10.9 Å². The monoisotopic (exact) mass is 345 g/mol. The number of carbonyl (C=O) groups excluding carboxylic acids is 1. The molecule has 0 spiro atoms. The first kappa shape index (κ1) is 16.1. The van der Waals surface area contributed by atoms with E-state index in [9.17, 15) is 9.59 Å². The van der Waals surface area contributed by atoms with Gasteiger partial charge in [0.05, 0.1) is 11.0 Å². The van der Waals surface area contributed by atoms with Gasteiger partial charge in [0.25, 0.3) is 5.56 Å². The van der Waals surface area contributed by atoms with E-state index in [0.717, 1.165) is 27.8 Å². The average Bonchev–Trinajstić information content (AvgIpc) is 3.13. The molecule has 0 unspecified atom stereocenters. The minimum Gasteiger partial charge on any atom is -0.324 e. The van der Waals surface area contributed by atoms with Gasteiger partial charge in [-0.25, -0.2) is 0 Å². The van der Waals surface area contributed by atoms with Crippen LogP contribution >= 0.6 is 0 Å². The number of aryl methyl sites for hydroxylation is 1. The van der Waals surface area contributed by atoms with Crippen molar-refractivity contribution in [1.82, 2.24) is 8.97 Å². The molecule has 130 valence electrons. The molecule has 5 nitrogen and oxygen atoms in total. The number of rotatable bonds is 3. The zero-order valence-corrected chi connectivity index (χ0v) is 14.7. The van der Waals surface area contributed by atoms with Gasteiger partial charge in [0.2, 0.25) is 5.91 Å². The Balaban J connectivity index is 1.76. The van der Waals surface area contributed by atoms with Crippen LogP contribution in [0.25, 0.3) is 16.6 Å². The van der Waals surface area contributed by atoms with Crippen molar-refractivity contribution in [3.8, 4) is 0 Å². The van der Waals surface area contributed by atoms with Crippen LogP contribution in [0, 0.1) is 13.8 Å². The summed E-state index contributed by atoms with van der Waals surface area (Å²) in [7, 11) is 0. The maximum Gasteiger partial charge on any atom is 0.275 e. The number of nitrogens with one attached hydrogen (secondary N) is 1. The van der Waals surface area contributed by atoms with E-state index >= 15 is 0 Å². The van der Waals surface area contributed by atoms with Crippen LogP contribution in [0.5, 0.6) is 0 Å². The van der Waals surface area contributed by atoms with Gasteiger partial charge in [-0.05, 0) is 55.3 Å². The molecule has 4 aromatic rings. The highest BCUT2D eigenvalue weighted by Crippen LogP contribution is 2.19. The molecule has 0 fully saturated rings. The summed E-state index contributed by atoms with van der Waals surface area (Å²) < 4.78 is 3.39. The number of anilines is 1. The van der Waals surface area contributed by atoms with Gasteiger partial charge in [0.15, 0.2) is 0 Å². The molecule has 1 amide bonds. The lowest BCUT2D eigenvalue weighted by Gasteiger charge is -2.14. The first-order valence-corrected chi connectivity index (χ1v) is 8.51. The van der Waals surface area contributed by atoms with Gasteiger partial charge in [-0.2, -0.15) is 0 Å². The lowest BCUT2D eigenvalue weighted by Crippen LogP contribution is -2.29. The highest BCUT2D eigenvalue weighted by Gasteiger charge is 2.13. The van der Waals surface area contributed by atoms with Crippen LogP contribution in [0.4, 0.5) is 5.69 Å². The summed E-state index contributed by atoms with van der Waals surface area (Å²) in [5.41, 5.74) is 4.92. The molecular formula is C21H19N3O2. The Morgan fingerprint density at radius 2 is 1.65 bits per heavy atom. The number of carbonyl (C=O) groups is 1. The third kappa shape index (κ3) is 2.58. The Morgan fingerprint density at radius 3 is 2.46 bits per heavy atom. The van der Waals surface area contributed by atoms with Crippen LogP contribution in [0.1, 0.15) is 11.1 Å². The number of benzene rings is 2. The quantitative estimate of drug-likeness (QED) is 0.618. The van der Waals surface area contributed by atoms with Crippen molar-refractivity contribution in [1.29, 1.82) is 0 Å². The molecular weight excluding hydrogens is 326 g/mol. The predicted octanol–water partition coefficient (Wildman–Crippen LogP) is 3.51. The van der Waals surface area contributed by atoms with Crippen molar-refractivity contribution in [3.05, 3.63) is 82.3 Å². The molecule has 0 saturated heterocycles. The van der Waals surface area contributed by atoms with Crippen LogP contribution in [-0.4, -0.2) is 14.9 Å². The number of hydrogen-bond donors (Lipinski definition) is 1. The summed E-state index contributed by atoms with van der Waals surface area (Å²) in [5, 5.41) is 2.93. The molecule has 0 aliphatic rings. The minimum atomic E-state index is -0.221. The van der Waals surface area contributed by atoms with Crippen LogP contribution in [0.2, 0.25) is 0 Å². The Morgan fingerprint density at radius 1 is 0.923 bits per heavy atom. The third-order valence-electron chi connectivity index (χ3n) is 4.83. The van der Waals surface area contributed by atoms with Crippen LogP contribution in [0.3, 0.4) is 0 Å².